The molecule has 2 rings (SSSR count). The highest BCUT2D eigenvalue weighted by Gasteiger charge is 2.43. The van der Waals surface area contributed by atoms with Crippen molar-refractivity contribution in [3.05, 3.63) is 0 Å². The summed E-state index contributed by atoms with van der Waals surface area (Å²) in [6.07, 6.45) is 0.635. The van der Waals surface area contributed by atoms with E-state index in [0.29, 0.717) is 25.9 Å². The van der Waals surface area contributed by atoms with Crippen LogP contribution in [0.15, 0.2) is 0 Å². The summed E-state index contributed by atoms with van der Waals surface area (Å²) in [5.41, 5.74) is 0. The number of nitrogens with zero attached hydrogens (tertiary/aromatic N) is 8. The van der Waals surface area contributed by atoms with Crippen molar-refractivity contribution in [1.29, 1.82) is 0 Å². The average molecular weight is 1030 g/mol. The Morgan fingerprint density at radius 3 is 1.40 bits per heavy atom. The molecule has 8 atom stereocenters. The first-order chi connectivity index (χ1) is 33.8. The van der Waals surface area contributed by atoms with Gasteiger partial charge in [-0.2, -0.15) is 0 Å². The molecular formula is C51H91N11O11. The fourth-order valence-electron chi connectivity index (χ4n) is 8.98. The summed E-state index contributed by atoms with van der Waals surface area (Å²) in [6, 6.07) is -7.79. The Morgan fingerprint density at radius 2 is 0.918 bits per heavy atom. The lowest BCUT2D eigenvalue weighted by Gasteiger charge is -2.39. The highest BCUT2D eigenvalue weighted by molar-refractivity contribution is 6.08. The first kappa shape index (κ1) is 63.7. The van der Waals surface area contributed by atoms with Crippen LogP contribution < -0.4 is 16.0 Å². The number of carbonyl (C=O) groups is 10. The van der Waals surface area contributed by atoms with Crippen LogP contribution in [0.3, 0.4) is 0 Å². The maximum absolute atomic E-state index is 14.9. The predicted octanol–water partition coefficient (Wildman–Crippen LogP) is 0.166. The van der Waals surface area contributed by atoms with E-state index >= 15 is 0 Å². The molecule has 73 heavy (non-hydrogen) atoms. The van der Waals surface area contributed by atoms with Crippen molar-refractivity contribution in [3.8, 4) is 0 Å². The molecule has 0 aliphatic carbocycles. The monoisotopic (exact) mass is 1030 g/mol. The Bertz CT molecular complexity index is 1940. The molecule has 2 saturated heterocycles. The summed E-state index contributed by atoms with van der Waals surface area (Å²) >= 11 is 0. The third-order valence-corrected chi connectivity index (χ3v) is 13.8. The number of carbonyl (C=O) groups excluding carboxylic acids is 10. The van der Waals surface area contributed by atoms with Crippen LogP contribution in [0.25, 0.3) is 0 Å². The molecule has 0 radical (unpaired) electrons. The largest absolute Gasteiger partial charge is 0.391 e. The van der Waals surface area contributed by atoms with Crippen LogP contribution in [0.5, 0.6) is 0 Å². The fraction of sp³-hybridized carbons (Fsp3) is 0.804. The zero-order valence-corrected chi connectivity index (χ0v) is 47.0. The quantitative estimate of drug-likeness (QED) is 0.214. The Hall–Kier alpha value is -5.38. The molecule has 0 aromatic rings. The predicted molar refractivity (Wildman–Crippen MR) is 276 cm³/mol. The summed E-state index contributed by atoms with van der Waals surface area (Å²) in [4.78, 5) is 153. The average Bonchev–Trinajstić information content (AvgIpc) is 3.32. The number of piperidine rings is 1. The highest BCUT2D eigenvalue weighted by atomic mass is 16.3. The first-order valence-corrected chi connectivity index (χ1v) is 25.9. The number of hydrogen-bond acceptors (Lipinski definition) is 12. The van der Waals surface area contributed by atoms with E-state index in [2.05, 4.69) is 16.0 Å². The molecule has 0 bridgehead atoms. The van der Waals surface area contributed by atoms with Crippen molar-refractivity contribution in [2.45, 2.75) is 163 Å². The van der Waals surface area contributed by atoms with Gasteiger partial charge in [-0.25, -0.2) is 0 Å². The molecule has 2 aliphatic heterocycles. The van der Waals surface area contributed by atoms with Crippen molar-refractivity contribution in [3.63, 3.8) is 0 Å². The van der Waals surface area contributed by atoms with Crippen molar-refractivity contribution >= 4 is 59.1 Å². The maximum atomic E-state index is 14.9. The van der Waals surface area contributed by atoms with Gasteiger partial charge >= 0.3 is 0 Å². The van der Waals surface area contributed by atoms with Gasteiger partial charge in [-0.05, 0) is 82.5 Å². The first-order valence-electron chi connectivity index (χ1n) is 25.9. The van der Waals surface area contributed by atoms with Gasteiger partial charge < -0.3 is 54.9 Å². The molecule has 22 nitrogen and oxygen atoms in total. The molecule has 0 saturated carbocycles. The molecule has 4 N–H and O–H groups in total. The zero-order chi connectivity index (χ0) is 55.9. The molecule has 0 aromatic carbocycles. The van der Waals surface area contributed by atoms with Crippen LogP contribution in [0.2, 0.25) is 0 Å². The lowest BCUT2D eigenvalue weighted by atomic mass is 9.96. The van der Waals surface area contributed by atoms with E-state index in [1.54, 1.807) is 6.92 Å². The number of nitrogens with one attached hydrogen (secondary N) is 3. The molecule has 416 valence electrons. The van der Waals surface area contributed by atoms with Crippen molar-refractivity contribution in [2.75, 3.05) is 82.1 Å². The number of hydrogen-bond donors (Lipinski definition) is 4. The number of aliphatic hydroxyl groups excluding tert-OH is 1. The second-order valence-electron chi connectivity index (χ2n) is 22.0. The maximum Gasteiger partial charge on any atom is 0.255 e. The Balaban J connectivity index is 2.83. The van der Waals surface area contributed by atoms with Crippen LogP contribution in [-0.2, 0) is 47.9 Å². The second-order valence-corrected chi connectivity index (χ2v) is 22.0. The Morgan fingerprint density at radius 1 is 0.507 bits per heavy atom. The SMILES string of the molecule is CC(C)C[C@H]1C(=O)NC([C@@H](C)O)C(=O)N(C)[C@@H](C)NCC(=O)N(C)[C@@H](CC(C)C)C(=O)N(C)[C@@H](CC(C)C)C(=O)N(C)[C@@H](CC(C)C)C(=O)N[C@H](C(=O)N2CCCCC2)C(=O)N(C)CC(=O)N(C)CC(=O)N1C. The molecule has 2 aliphatic rings. The molecule has 2 heterocycles. The number of likely N-dealkylation sites (tertiary alicyclic amines) is 1. The molecule has 2 fully saturated rings. The lowest BCUT2D eigenvalue weighted by molar-refractivity contribution is -0.153. The van der Waals surface area contributed by atoms with Gasteiger partial charge in [-0.15, -0.1) is 0 Å². The third-order valence-electron chi connectivity index (χ3n) is 13.8. The van der Waals surface area contributed by atoms with Gasteiger partial charge in [0.25, 0.3) is 11.8 Å². The minimum absolute atomic E-state index is 0.0836. The standard InChI is InChI=1S/C51H91N11O11/c1-30(2)23-36-45(67)53-43(34(9)63)50(72)57(13)35(10)52-27-40(64)59(15)38(25-32(5)6)47(69)61(17)39(26-33(7)8)48(70)60(16)37(24-31(3)4)46(68)54-44(51(73)62-21-19-18-20-22-62)49(71)56(12)28-41(65)55(11)29-42(66)58(36)14/h30-39,43-44,52,63H,18-29H2,1-17H3,(H,53,67)(H,54,68)/t34-,35+,36+,37+,38+,39+,43?,44+/m1/s1. The lowest BCUT2D eigenvalue weighted by Crippen LogP contribution is -2.62. The van der Waals surface area contributed by atoms with Crippen LogP contribution in [0.1, 0.15) is 114 Å². The van der Waals surface area contributed by atoms with Gasteiger partial charge in [0.05, 0.1) is 31.9 Å². The molecule has 1 unspecified atom stereocenters. The van der Waals surface area contributed by atoms with E-state index in [1.165, 1.54) is 80.8 Å². The summed E-state index contributed by atoms with van der Waals surface area (Å²) in [5.74, 6) is -7.29. The highest BCUT2D eigenvalue weighted by Crippen LogP contribution is 2.22. The Kier molecular flexibility index (Phi) is 25.2. The van der Waals surface area contributed by atoms with E-state index in [0.717, 1.165) is 21.1 Å². The topological polar surface area (TPSA) is 253 Å². The van der Waals surface area contributed by atoms with Crippen molar-refractivity contribution in [2.24, 2.45) is 23.7 Å². The number of rotatable bonds is 10. The van der Waals surface area contributed by atoms with Gasteiger partial charge in [0.1, 0.15) is 30.2 Å². The van der Waals surface area contributed by atoms with Crippen LogP contribution in [0, 0.1) is 23.7 Å². The van der Waals surface area contributed by atoms with Crippen LogP contribution in [-0.4, -0.2) is 234 Å². The van der Waals surface area contributed by atoms with Gasteiger partial charge in [0.15, 0.2) is 6.04 Å². The second kappa shape index (κ2) is 28.9. The fourth-order valence-corrected chi connectivity index (χ4v) is 8.98. The van der Waals surface area contributed by atoms with Crippen molar-refractivity contribution in [1.82, 2.24) is 55.1 Å². The minimum atomic E-state index is -1.79. The Labute approximate surface area is 434 Å². The molecule has 10 amide bonds. The third kappa shape index (κ3) is 18.2. The van der Waals surface area contributed by atoms with Gasteiger partial charge in [-0.3, -0.25) is 53.3 Å². The van der Waals surface area contributed by atoms with E-state index in [4.69, 9.17) is 0 Å². The van der Waals surface area contributed by atoms with Gasteiger partial charge in [0, 0.05) is 62.4 Å². The molecule has 22 heteroatoms. The van der Waals surface area contributed by atoms with Gasteiger partial charge in [0.2, 0.25) is 47.3 Å². The van der Waals surface area contributed by atoms with Gasteiger partial charge in [-0.1, -0.05) is 55.4 Å². The minimum Gasteiger partial charge on any atom is -0.391 e. The molecule has 0 spiro atoms. The summed E-state index contributed by atoms with van der Waals surface area (Å²) < 4.78 is 0. The molecule has 0 aromatic heterocycles. The van der Waals surface area contributed by atoms with Crippen LogP contribution in [0.4, 0.5) is 0 Å². The number of aliphatic hydroxyl groups is 1. The molecular weight excluding hydrogens is 943 g/mol. The van der Waals surface area contributed by atoms with Crippen LogP contribution >= 0.6 is 0 Å². The zero-order valence-electron chi connectivity index (χ0n) is 47.0. The number of likely N-dealkylation sites (N-methyl/N-ethyl adjacent to an activating group) is 7. The normalized spacial score (nSPS) is 26.3. The van der Waals surface area contributed by atoms with E-state index in [1.807, 2.05) is 55.4 Å². The van der Waals surface area contributed by atoms with E-state index < -0.39 is 121 Å². The van der Waals surface area contributed by atoms with Crippen molar-refractivity contribution < 1.29 is 53.1 Å². The smallest absolute Gasteiger partial charge is 0.255 e. The number of amides is 10. The summed E-state index contributed by atoms with van der Waals surface area (Å²) in [6.45, 7) is 17.1. The van der Waals surface area contributed by atoms with E-state index in [-0.39, 0.29) is 55.9 Å². The summed E-state index contributed by atoms with van der Waals surface area (Å²) in [5, 5.41) is 19.1. The summed E-state index contributed by atoms with van der Waals surface area (Å²) in [7, 11) is 9.87. The van der Waals surface area contributed by atoms with E-state index in [9.17, 15) is 53.1 Å².